The van der Waals surface area contributed by atoms with Crippen LogP contribution in [-0.4, -0.2) is 14.2 Å². The van der Waals surface area contributed by atoms with Crippen molar-refractivity contribution in [2.75, 3.05) is 14.2 Å². The molecule has 2 heteroatoms. The number of nitrogens with one attached hydrogen (secondary N) is 1. The second-order valence-corrected chi connectivity index (χ2v) is 5.77. The summed E-state index contributed by atoms with van der Waals surface area (Å²) < 4.78 is 5.26. The molecule has 19 heavy (non-hydrogen) atoms. The lowest BCUT2D eigenvalue weighted by Gasteiger charge is -2.43. The Balaban J connectivity index is 2.25. The highest BCUT2D eigenvalue weighted by atomic mass is 16.5. The van der Waals surface area contributed by atoms with Crippen molar-refractivity contribution in [2.24, 2.45) is 5.41 Å². The second-order valence-electron chi connectivity index (χ2n) is 5.77. The third-order valence-corrected chi connectivity index (χ3v) is 4.90. The molecule has 0 spiro atoms. The van der Waals surface area contributed by atoms with Crippen LogP contribution in [0.2, 0.25) is 0 Å². The molecular weight excluding hydrogens is 234 g/mol. The zero-order chi connectivity index (χ0) is 13.7. The summed E-state index contributed by atoms with van der Waals surface area (Å²) in [5.41, 5.74) is 1.83. The summed E-state index contributed by atoms with van der Waals surface area (Å²) in [6, 6.07) is 9.04. The molecule has 1 saturated carbocycles. The van der Waals surface area contributed by atoms with Crippen LogP contribution in [-0.2, 0) is 0 Å². The van der Waals surface area contributed by atoms with Crippen LogP contribution in [0, 0.1) is 5.41 Å². The molecule has 1 aromatic carbocycles. The van der Waals surface area contributed by atoms with Gasteiger partial charge in [-0.3, -0.25) is 0 Å². The summed E-state index contributed by atoms with van der Waals surface area (Å²) in [6.07, 6.45) is 8.11. The SMILES string of the molecule is CCC1(C(NC)c2ccc(OC)cc2)CCCCC1. The van der Waals surface area contributed by atoms with Crippen LogP contribution >= 0.6 is 0 Å². The highest BCUT2D eigenvalue weighted by molar-refractivity contribution is 5.30. The largest absolute Gasteiger partial charge is 0.497 e. The van der Waals surface area contributed by atoms with Crippen molar-refractivity contribution in [2.45, 2.75) is 51.5 Å². The van der Waals surface area contributed by atoms with E-state index in [1.54, 1.807) is 7.11 Å². The van der Waals surface area contributed by atoms with Crippen LogP contribution in [0.3, 0.4) is 0 Å². The number of rotatable bonds is 5. The molecule has 1 atom stereocenters. The lowest BCUT2D eigenvalue weighted by Crippen LogP contribution is -2.38. The van der Waals surface area contributed by atoms with Gasteiger partial charge in [-0.15, -0.1) is 0 Å². The van der Waals surface area contributed by atoms with Crippen molar-refractivity contribution in [3.63, 3.8) is 0 Å². The van der Waals surface area contributed by atoms with E-state index in [0.29, 0.717) is 11.5 Å². The molecule has 1 fully saturated rings. The van der Waals surface area contributed by atoms with Crippen molar-refractivity contribution in [1.82, 2.24) is 5.32 Å². The Hall–Kier alpha value is -1.02. The fraction of sp³-hybridized carbons (Fsp3) is 0.647. The van der Waals surface area contributed by atoms with Gasteiger partial charge >= 0.3 is 0 Å². The van der Waals surface area contributed by atoms with E-state index >= 15 is 0 Å². The Morgan fingerprint density at radius 3 is 2.26 bits per heavy atom. The fourth-order valence-corrected chi connectivity index (χ4v) is 3.73. The summed E-state index contributed by atoms with van der Waals surface area (Å²) in [6.45, 7) is 2.35. The third-order valence-electron chi connectivity index (χ3n) is 4.90. The van der Waals surface area contributed by atoms with Gasteiger partial charge in [0, 0.05) is 6.04 Å². The van der Waals surface area contributed by atoms with Gasteiger partial charge in [-0.05, 0) is 49.4 Å². The van der Waals surface area contributed by atoms with Crippen molar-refractivity contribution >= 4 is 0 Å². The topological polar surface area (TPSA) is 21.3 Å². The van der Waals surface area contributed by atoms with Crippen molar-refractivity contribution < 1.29 is 4.74 Å². The summed E-state index contributed by atoms with van der Waals surface area (Å²) in [4.78, 5) is 0. The predicted molar refractivity (Wildman–Crippen MR) is 80.6 cm³/mol. The molecule has 1 aliphatic carbocycles. The first kappa shape index (κ1) is 14.4. The van der Waals surface area contributed by atoms with Crippen molar-refractivity contribution in [3.05, 3.63) is 29.8 Å². The van der Waals surface area contributed by atoms with Gasteiger partial charge in [-0.1, -0.05) is 38.3 Å². The summed E-state index contributed by atoms with van der Waals surface area (Å²) in [7, 11) is 3.82. The molecule has 0 bridgehead atoms. The molecule has 0 radical (unpaired) electrons. The maximum absolute atomic E-state index is 5.26. The predicted octanol–water partition coefficient (Wildman–Crippen LogP) is 4.32. The molecule has 0 heterocycles. The Kier molecular flexibility index (Phi) is 4.87. The second kappa shape index (κ2) is 6.42. The standard InChI is InChI=1S/C17H27NO/c1-4-17(12-6-5-7-13-17)16(18-2)14-8-10-15(19-3)11-9-14/h8-11,16,18H,4-7,12-13H2,1-3H3. The first-order valence-electron chi connectivity index (χ1n) is 7.57. The normalized spacial score (nSPS) is 19.9. The number of methoxy groups -OCH3 is 1. The van der Waals surface area contributed by atoms with E-state index in [4.69, 9.17) is 4.74 Å². The van der Waals surface area contributed by atoms with Crippen molar-refractivity contribution in [1.29, 1.82) is 0 Å². The van der Waals surface area contributed by atoms with E-state index in [0.717, 1.165) is 5.75 Å². The van der Waals surface area contributed by atoms with Gasteiger partial charge in [-0.2, -0.15) is 0 Å². The minimum atomic E-state index is 0.432. The lowest BCUT2D eigenvalue weighted by atomic mass is 9.65. The summed E-state index contributed by atoms with van der Waals surface area (Å²) in [5, 5.41) is 3.58. The molecule has 2 nitrogen and oxygen atoms in total. The molecule has 2 rings (SSSR count). The molecule has 0 aliphatic heterocycles. The van der Waals surface area contributed by atoms with Crippen LogP contribution in [0.15, 0.2) is 24.3 Å². The van der Waals surface area contributed by atoms with Gasteiger partial charge in [0.25, 0.3) is 0 Å². The third kappa shape index (κ3) is 2.94. The molecule has 1 N–H and O–H groups in total. The van der Waals surface area contributed by atoms with Gasteiger partial charge < -0.3 is 10.1 Å². The quantitative estimate of drug-likeness (QED) is 0.852. The molecule has 0 amide bonds. The Labute approximate surface area is 117 Å². The van der Waals surface area contributed by atoms with Gasteiger partial charge in [0.2, 0.25) is 0 Å². The fourth-order valence-electron chi connectivity index (χ4n) is 3.73. The van der Waals surface area contributed by atoms with Gasteiger partial charge in [0.15, 0.2) is 0 Å². The van der Waals surface area contributed by atoms with E-state index in [2.05, 4.69) is 43.6 Å². The first-order valence-corrected chi connectivity index (χ1v) is 7.57. The van der Waals surface area contributed by atoms with E-state index < -0.39 is 0 Å². The monoisotopic (exact) mass is 261 g/mol. The van der Waals surface area contributed by atoms with Gasteiger partial charge in [-0.25, -0.2) is 0 Å². The summed E-state index contributed by atoms with van der Waals surface area (Å²) in [5.74, 6) is 0.938. The zero-order valence-electron chi connectivity index (χ0n) is 12.5. The van der Waals surface area contributed by atoms with Crippen LogP contribution < -0.4 is 10.1 Å². The van der Waals surface area contributed by atoms with Gasteiger partial charge in [0.05, 0.1) is 7.11 Å². The maximum atomic E-state index is 5.26. The summed E-state index contributed by atoms with van der Waals surface area (Å²) >= 11 is 0. The average molecular weight is 261 g/mol. The van der Waals surface area contributed by atoms with Crippen molar-refractivity contribution in [3.8, 4) is 5.75 Å². The minimum Gasteiger partial charge on any atom is -0.497 e. The average Bonchev–Trinajstić information content (AvgIpc) is 2.49. The number of hydrogen-bond acceptors (Lipinski definition) is 2. The molecule has 1 unspecified atom stereocenters. The lowest BCUT2D eigenvalue weighted by molar-refractivity contribution is 0.120. The van der Waals surface area contributed by atoms with Crippen LogP contribution in [0.1, 0.15) is 57.1 Å². The Morgan fingerprint density at radius 2 is 1.79 bits per heavy atom. The number of hydrogen-bond donors (Lipinski definition) is 1. The maximum Gasteiger partial charge on any atom is 0.118 e. The van der Waals surface area contributed by atoms with E-state index in [1.165, 1.54) is 44.1 Å². The Bertz CT molecular complexity index is 379. The molecule has 1 aliphatic rings. The molecule has 0 aromatic heterocycles. The Morgan fingerprint density at radius 1 is 1.16 bits per heavy atom. The molecular formula is C17H27NO. The van der Waals surface area contributed by atoms with Crippen LogP contribution in [0.4, 0.5) is 0 Å². The van der Waals surface area contributed by atoms with E-state index in [-0.39, 0.29) is 0 Å². The van der Waals surface area contributed by atoms with Gasteiger partial charge in [0.1, 0.15) is 5.75 Å². The van der Waals surface area contributed by atoms with Crippen LogP contribution in [0.5, 0.6) is 5.75 Å². The minimum absolute atomic E-state index is 0.432. The molecule has 1 aromatic rings. The number of ether oxygens (including phenoxy) is 1. The molecule has 0 saturated heterocycles. The molecule has 106 valence electrons. The highest BCUT2D eigenvalue weighted by Gasteiger charge is 2.38. The smallest absolute Gasteiger partial charge is 0.118 e. The van der Waals surface area contributed by atoms with Crippen LogP contribution in [0.25, 0.3) is 0 Å². The number of benzene rings is 1. The highest BCUT2D eigenvalue weighted by Crippen LogP contribution is 2.48. The van der Waals surface area contributed by atoms with E-state index in [9.17, 15) is 0 Å². The first-order chi connectivity index (χ1) is 9.25. The van der Waals surface area contributed by atoms with E-state index in [1.807, 2.05) is 0 Å². The zero-order valence-corrected chi connectivity index (χ0v) is 12.5.